The van der Waals surface area contributed by atoms with Gasteiger partial charge in [-0.25, -0.2) is 4.98 Å². The summed E-state index contributed by atoms with van der Waals surface area (Å²) in [7, 11) is 1.62. The highest BCUT2D eigenvalue weighted by atomic mass is 16.5. The molecular weight excluding hydrogens is 280 g/mol. The quantitative estimate of drug-likeness (QED) is 0.542. The molecule has 4 aromatic rings. The highest BCUT2D eigenvalue weighted by molar-refractivity contribution is 5.98. The summed E-state index contributed by atoms with van der Waals surface area (Å²) in [5.74, 6) is 1.38. The van der Waals surface area contributed by atoms with Gasteiger partial charge in [0, 0.05) is 17.0 Å². The van der Waals surface area contributed by atoms with Crippen molar-refractivity contribution in [2.24, 2.45) is 0 Å². The molecule has 0 aliphatic carbocycles. The maximum Gasteiger partial charge on any atom is 0.170 e. The van der Waals surface area contributed by atoms with E-state index in [-0.39, 0.29) is 0 Å². The first-order valence-corrected chi connectivity index (χ1v) is 6.79. The number of methoxy groups -OCH3 is 1. The number of nitrogens with zero attached hydrogens (tertiary/aromatic N) is 2. The lowest BCUT2D eigenvalue weighted by Crippen LogP contribution is -1.89. The van der Waals surface area contributed by atoms with Gasteiger partial charge in [-0.1, -0.05) is 6.07 Å². The number of ether oxygens (including phenoxy) is 1. The summed E-state index contributed by atoms with van der Waals surface area (Å²) in [6.45, 7) is 0. The van der Waals surface area contributed by atoms with Crippen LogP contribution in [0.4, 0.5) is 0 Å². The molecule has 0 N–H and O–H groups in total. The zero-order valence-electron chi connectivity index (χ0n) is 11.8. The molecule has 22 heavy (non-hydrogen) atoms. The Morgan fingerprint density at radius 3 is 3.00 bits per heavy atom. The van der Waals surface area contributed by atoms with Gasteiger partial charge < -0.3 is 9.15 Å². The number of rotatable bonds is 3. The van der Waals surface area contributed by atoms with E-state index in [9.17, 15) is 4.79 Å². The zero-order valence-corrected chi connectivity index (χ0v) is 11.8. The Labute approximate surface area is 125 Å². The van der Waals surface area contributed by atoms with Crippen molar-refractivity contribution in [2.45, 2.75) is 0 Å². The predicted octanol–water partition coefficient (Wildman–Crippen LogP) is 3.57. The van der Waals surface area contributed by atoms with Crippen LogP contribution in [0.3, 0.4) is 0 Å². The molecule has 0 atom stereocenters. The summed E-state index contributed by atoms with van der Waals surface area (Å²) in [5, 5.41) is 1.83. The van der Waals surface area contributed by atoms with E-state index in [1.165, 1.54) is 0 Å². The van der Waals surface area contributed by atoms with Gasteiger partial charge >= 0.3 is 0 Å². The number of pyridine rings is 1. The molecule has 0 unspecified atom stereocenters. The number of aromatic nitrogens is 2. The molecule has 5 nitrogen and oxygen atoms in total. The third-order valence-electron chi connectivity index (χ3n) is 3.69. The van der Waals surface area contributed by atoms with Crippen LogP contribution in [-0.4, -0.2) is 22.8 Å². The van der Waals surface area contributed by atoms with E-state index in [1.54, 1.807) is 13.4 Å². The van der Waals surface area contributed by atoms with E-state index in [4.69, 9.17) is 9.15 Å². The molecule has 0 aliphatic heterocycles. The molecule has 0 amide bonds. The minimum Gasteiger partial charge on any atom is -0.497 e. The first kappa shape index (κ1) is 12.6. The van der Waals surface area contributed by atoms with Gasteiger partial charge in [0.1, 0.15) is 22.8 Å². The lowest BCUT2D eigenvalue weighted by Gasteiger charge is -2.01. The van der Waals surface area contributed by atoms with Crippen molar-refractivity contribution in [1.82, 2.24) is 9.38 Å². The van der Waals surface area contributed by atoms with Crippen LogP contribution in [0.15, 0.2) is 53.3 Å². The molecule has 108 valence electrons. The molecule has 0 aliphatic rings. The van der Waals surface area contributed by atoms with Gasteiger partial charge in [0.05, 0.1) is 13.4 Å². The van der Waals surface area contributed by atoms with Gasteiger partial charge in [-0.2, -0.15) is 0 Å². The van der Waals surface area contributed by atoms with E-state index < -0.39 is 0 Å². The molecule has 0 bridgehead atoms. The van der Waals surface area contributed by atoms with Gasteiger partial charge in [0.2, 0.25) is 0 Å². The standard InChI is InChI=1S/C17H12N2O3/c1-21-12-5-6-13-11(8-12)10-22-17(13)16-14(9-20)18-15-4-2-3-7-19(15)16/h2-10H,1H3. The zero-order chi connectivity index (χ0) is 15.1. The van der Waals surface area contributed by atoms with E-state index in [1.807, 2.05) is 47.0 Å². The van der Waals surface area contributed by atoms with Crippen molar-refractivity contribution in [3.8, 4) is 17.2 Å². The monoisotopic (exact) mass is 292 g/mol. The smallest absolute Gasteiger partial charge is 0.170 e. The molecule has 0 saturated heterocycles. The van der Waals surface area contributed by atoms with Crippen LogP contribution < -0.4 is 4.74 Å². The first-order valence-electron chi connectivity index (χ1n) is 6.79. The number of carbonyl (C=O) groups is 1. The number of aldehydes is 1. The van der Waals surface area contributed by atoms with Crippen LogP contribution >= 0.6 is 0 Å². The largest absolute Gasteiger partial charge is 0.497 e. The Hall–Kier alpha value is -3.08. The van der Waals surface area contributed by atoms with E-state index in [2.05, 4.69) is 4.98 Å². The molecule has 4 rings (SSSR count). The Morgan fingerprint density at radius 1 is 1.27 bits per heavy atom. The first-order chi connectivity index (χ1) is 10.8. The molecule has 3 aromatic heterocycles. The van der Waals surface area contributed by atoms with Crippen molar-refractivity contribution < 1.29 is 13.9 Å². The van der Waals surface area contributed by atoms with E-state index >= 15 is 0 Å². The molecule has 0 radical (unpaired) electrons. The van der Waals surface area contributed by atoms with Crippen LogP contribution in [0.2, 0.25) is 0 Å². The topological polar surface area (TPSA) is 56.7 Å². The minimum atomic E-state index is 0.360. The lowest BCUT2D eigenvalue weighted by molar-refractivity contribution is 0.112. The fourth-order valence-corrected chi connectivity index (χ4v) is 2.66. The Balaban J connectivity index is 2.05. The average Bonchev–Trinajstić information content (AvgIpc) is 3.14. The maximum atomic E-state index is 11.4. The van der Waals surface area contributed by atoms with Gasteiger partial charge in [-0.15, -0.1) is 0 Å². The predicted molar refractivity (Wildman–Crippen MR) is 82.3 cm³/mol. The molecule has 0 spiro atoms. The fraction of sp³-hybridized carbons (Fsp3) is 0.0588. The number of carbonyl (C=O) groups excluding carboxylic acids is 1. The van der Waals surface area contributed by atoms with E-state index in [0.717, 1.165) is 22.8 Å². The van der Waals surface area contributed by atoms with E-state index in [0.29, 0.717) is 22.8 Å². The molecular formula is C17H12N2O3. The number of benzene rings is 1. The maximum absolute atomic E-state index is 11.4. The van der Waals surface area contributed by atoms with Crippen molar-refractivity contribution in [2.75, 3.05) is 7.11 Å². The van der Waals surface area contributed by atoms with Crippen molar-refractivity contribution in [3.63, 3.8) is 0 Å². The highest BCUT2D eigenvalue weighted by Crippen LogP contribution is 2.34. The summed E-state index contributed by atoms with van der Waals surface area (Å²) in [6, 6.07) is 11.3. The van der Waals surface area contributed by atoms with Crippen LogP contribution in [-0.2, 0) is 0 Å². The van der Waals surface area contributed by atoms with Crippen LogP contribution in [0, 0.1) is 0 Å². The Morgan fingerprint density at radius 2 is 2.18 bits per heavy atom. The van der Waals surface area contributed by atoms with Crippen LogP contribution in [0.1, 0.15) is 10.5 Å². The second-order valence-electron chi connectivity index (χ2n) is 4.91. The summed E-state index contributed by atoms with van der Waals surface area (Å²) in [4.78, 5) is 15.7. The SMILES string of the molecule is COc1ccc2c(-c3c(C=O)nc4ccccn34)occ2c1. The van der Waals surface area contributed by atoms with Crippen LogP contribution in [0.25, 0.3) is 27.9 Å². The van der Waals surface area contributed by atoms with Crippen molar-refractivity contribution in [1.29, 1.82) is 0 Å². The Bertz CT molecular complexity index is 998. The summed E-state index contributed by atoms with van der Waals surface area (Å²) in [6.07, 6.45) is 4.27. The molecule has 1 aromatic carbocycles. The van der Waals surface area contributed by atoms with Gasteiger partial charge in [-0.05, 0) is 30.3 Å². The summed E-state index contributed by atoms with van der Waals surface area (Å²) >= 11 is 0. The second-order valence-corrected chi connectivity index (χ2v) is 4.91. The third kappa shape index (κ3) is 1.72. The molecule has 5 heteroatoms. The number of hydrogen-bond acceptors (Lipinski definition) is 4. The molecule has 0 fully saturated rings. The van der Waals surface area contributed by atoms with Gasteiger partial charge in [-0.3, -0.25) is 9.20 Å². The number of hydrogen-bond donors (Lipinski definition) is 0. The lowest BCUT2D eigenvalue weighted by atomic mass is 10.1. The number of furan rings is 1. The Kier molecular flexibility index (Phi) is 2.72. The van der Waals surface area contributed by atoms with Gasteiger partial charge in [0.25, 0.3) is 0 Å². The summed E-state index contributed by atoms with van der Waals surface area (Å²) < 4.78 is 12.8. The average molecular weight is 292 g/mol. The van der Waals surface area contributed by atoms with Gasteiger partial charge in [0.15, 0.2) is 12.0 Å². The second kappa shape index (κ2) is 4.73. The molecule has 3 heterocycles. The van der Waals surface area contributed by atoms with Crippen molar-refractivity contribution >= 4 is 22.7 Å². The highest BCUT2D eigenvalue weighted by Gasteiger charge is 2.19. The third-order valence-corrected chi connectivity index (χ3v) is 3.69. The van der Waals surface area contributed by atoms with Crippen LogP contribution in [0.5, 0.6) is 5.75 Å². The summed E-state index contributed by atoms with van der Waals surface area (Å²) in [5.41, 5.74) is 1.72. The normalized spacial score (nSPS) is 11.1. The molecule has 0 saturated carbocycles. The van der Waals surface area contributed by atoms with Crippen molar-refractivity contribution in [3.05, 3.63) is 54.6 Å². The minimum absolute atomic E-state index is 0.360. The number of imidazole rings is 1. The fourth-order valence-electron chi connectivity index (χ4n) is 2.66. The number of fused-ring (bicyclic) bond motifs is 2.